The van der Waals surface area contributed by atoms with Crippen LogP contribution in [0.2, 0.25) is 0 Å². The van der Waals surface area contributed by atoms with Gasteiger partial charge in [-0.1, -0.05) is 48.2 Å². The molecule has 1 aromatic carbocycles. The third-order valence-corrected chi connectivity index (χ3v) is 5.51. The zero-order valence-corrected chi connectivity index (χ0v) is 16.1. The van der Waals surface area contributed by atoms with E-state index >= 15 is 0 Å². The zero-order valence-electron chi connectivity index (χ0n) is 14.5. The number of para-hydroxylation sites is 1. The maximum absolute atomic E-state index is 12.2. The van der Waals surface area contributed by atoms with Crippen LogP contribution in [0, 0.1) is 6.92 Å². The number of anilines is 2. The van der Waals surface area contributed by atoms with E-state index in [0.29, 0.717) is 9.47 Å². The predicted octanol–water partition coefficient (Wildman–Crippen LogP) is 4.31. The molecule has 10 heteroatoms. The summed E-state index contributed by atoms with van der Waals surface area (Å²) >= 11 is 2.33. The first kappa shape index (κ1) is 20.5. The SMILES string of the molecule is CCc1cccc(C)c1Nc1nnc(SC(C)C(=O)NCC(F)(F)F)s1. The molecule has 1 heterocycles. The van der Waals surface area contributed by atoms with E-state index in [0.717, 1.165) is 35.0 Å². The van der Waals surface area contributed by atoms with Crippen molar-refractivity contribution in [2.45, 2.75) is 43.0 Å². The number of carbonyl (C=O) groups is 1. The molecule has 5 nitrogen and oxygen atoms in total. The topological polar surface area (TPSA) is 66.9 Å². The molecule has 2 N–H and O–H groups in total. The van der Waals surface area contributed by atoms with Crippen LogP contribution in [0.5, 0.6) is 0 Å². The number of amides is 1. The van der Waals surface area contributed by atoms with Crippen LogP contribution in [-0.2, 0) is 11.2 Å². The van der Waals surface area contributed by atoms with Gasteiger partial charge in [0.25, 0.3) is 0 Å². The van der Waals surface area contributed by atoms with Crippen LogP contribution in [0.4, 0.5) is 24.0 Å². The van der Waals surface area contributed by atoms with Gasteiger partial charge in [-0.3, -0.25) is 4.79 Å². The van der Waals surface area contributed by atoms with Crippen molar-refractivity contribution in [2.75, 3.05) is 11.9 Å². The van der Waals surface area contributed by atoms with Crippen LogP contribution < -0.4 is 10.6 Å². The second-order valence-electron chi connectivity index (χ2n) is 5.55. The number of hydrogen-bond donors (Lipinski definition) is 2. The van der Waals surface area contributed by atoms with Gasteiger partial charge >= 0.3 is 6.18 Å². The molecule has 0 spiro atoms. The van der Waals surface area contributed by atoms with Gasteiger partial charge in [0, 0.05) is 5.69 Å². The summed E-state index contributed by atoms with van der Waals surface area (Å²) in [4.78, 5) is 11.7. The quantitative estimate of drug-likeness (QED) is 0.673. The Kier molecular flexibility index (Phi) is 6.87. The molecule has 2 rings (SSSR count). The number of alkyl halides is 3. The van der Waals surface area contributed by atoms with Crippen molar-refractivity contribution in [3.05, 3.63) is 29.3 Å². The molecular weight excluding hydrogens is 385 g/mol. The fraction of sp³-hybridized carbons (Fsp3) is 0.438. The molecule has 0 saturated carbocycles. The van der Waals surface area contributed by atoms with E-state index < -0.39 is 23.9 Å². The minimum absolute atomic E-state index is 0.508. The Labute approximate surface area is 157 Å². The minimum Gasteiger partial charge on any atom is -0.346 e. The second kappa shape index (κ2) is 8.72. The van der Waals surface area contributed by atoms with Crippen LogP contribution in [0.1, 0.15) is 25.0 Å². The molecular formula is C16H19F3N4OS2. The van der Waals surface area contributed by atoms with E-state index in [9.17, 15) is 18.0 Å². The van der Waals surface area contributed by atoms with E-state index in [1.54, 1.807) is 0 Å². The van der Waals surface area contributed by atoms with Crippen molar-refractivity contribution in [3.63, 3.8) is 0 Å². The molecule has 0 aliphatic heterocycles. The molecule has 1 unspecified atom stereocenters. The van der Waals surface area contributed by atoms with Gasteiger partial charge in [0.05, 0.1) is 5.25 Å². The highest BCUT2D eigenvalue weighted by atomic mass is 32.2. The summed E-state index contributed by atoms with van der Waals surface area (Å²) < 4.78 is 37.0. The number of benzene rings is 1. The van der Waals surface area contributed by atoms with E-state index in [1.807, 2.05) is 30.4 Å². The summed E-state index contributed by atoms with van der Waals surface area (Å²) in [7, 11) is 0. The number of carbonyl (C=O) groups excluding carboxylic acids is 1. The highest BCUT2D eigenvalue weighted by Gasteiger charge is 2.29. The van der Waals surface area contributed by atoms with Crippen LogP contribution >= 0.6 is 23.1 Å². The zero-order chi connectivity index (χ0) is 19.3. The lowest BCUT2D eigenvalue weighted by Crippen LogP contribution is -2.37. The van der Waals surface area contributed by atoms with E-state index in [2.05, 4.69) is 22.4 Å². The molecule has 0 fully saturated rings. The summed E-state index contributed by atoms with van der Waals surface area (Å²) in [5.74, 6) is -0.691. The number of hydrogen-bond acceptors (Lipinski definition) is 6. The van der Waals surface area contributed by atoms with Crippen molar-refractivity contribution in [1.29, 1.82) is 0 Å². The summed E-state index contributed by atoms with van der Waals surface area (Å²) in [6.07, 6.45) is -3.56. The number of nitrogens with one attached hydrogen (secondary N) is 2. The third-order valence-electron chi connectivity index (χ3n) is 3.49. The first-order valence-electron chi connectivity index (χ1n) is 7.89. The predicted molar refractivity (Wildman–Crippen MR) is 98.1 cm³/mol. The van der Waals surface area contributed by atoms with Crippen molar-refractivity contribution < 1.29 is 18.0 Å². The monoisotopic (exact) mass is 404 g/mol. The number of halogens is 3. The molecule has 0 bridgehead atoms. The number of aromatic nitrogens is 2. The van der Waals surface area contributed by atoms with Gasteiger partial charge in [0.1, 0.15) is 6.54 Å². The van der Waals surface area contributed by atoms with E-state index in [1.165, 1.54) is 18.3 Å². The van der Waals surface area contributed by atoms with Gasteiger partial charge in [-0.25, -0.2) is 0 Å². The number of thioether (sulfide) groups is 1. The largest absolute Gasteiger partial charge is 0.405 e. The van der Waals surface area contributed by atoms with Gasteiger partial charge in [0.15, 0.2) is 4.34 Å². The molecule has 1 amide bonds. The Morgan fingerprint density at radius 3 is 2.73 bits per heavy atom. The van der Waals surface area contributed by atoms with Crippen LogP contribution in [0.25, 0.3) is 0 Å². The minimum atomic E-state index is -4.43. The third kappa shape index (κ3) is 5.87. The van der Waals surface area contributed by atoms with Crippen LogP contribution in [0.3, 0.4) is 0 Å². The number of nitrogens with zero attached hydrogens (tertiary/aromatic N) is 2. The van der Waals surface area contributed by atoms with Gasteiger partial charge in [-0.2, -0.15) is 13.2 Å². The summed E-state index contributed by atoms with van der Waals surface area (Å²) in [6.45, 7) is 4.24. The molecule has 0 radical (unpaired) electrons. The average molecular weight is 404 g/mol. The van der Waals surface area contributed by atoms with Crippen molar-refractivity contribution in [3.8, 4) is 0 Å². The highest BCUT2D eigenvalue weighted by molar-refractivity contribution is 8.02. The molecule has 1 atom stereocenters. The molecule has 2 aromatic rings. The first-order chi connectivity index (χ1) is 12.2. The van der Waals surface area contributed by atoms with Crippen LogP contribution in [-0.4, -0.2) is 34.1 Å². The molecule has 0 saturated heterocycles. The summed E-state index contributed by atoms with van der Waals surface area (Å²) in [5.41, 5.74) is 3.20. The van der Waals surface area contributed by atoms with Crippen LogP contribution in [0.15, 0.2) is 22.5 Å². The lowest BCUT2D eigenvalue weighted by atomic mass is 10.1. The smallest absolute Gasteiger partial charge is 0.346 e. The standard InChI is InChI=1S/C16H19F3N4OS2/c1-4-11-7-5-6-9(2)12(11)21-14-22-23-15(26-14)25-10(3)13(24)20-8-16(17,18)19/h5-7,10H,4,8H2,1-3H3,(H,20,24)(H,21,22). The van der Waals surface area contributed by atoms with Crippen molar-refractivity contribution >= 4 is 39.8 Å². The van der Waals surface area contributed by atoms with Crippen molar-refractivity contribution in [1.82, 2.24) is 15.5 Å². The Hall–Kier alpha value is -1.81. The normalized spacial score (nSPS) is 12.7. The molecule has 0 aliphatic carbocycles. The summed E-state index contributed by atoms with van der Waals surface area (Å²) in [6, 6.07) is 6.01. The molecule has 26 heavy (non-hydrogen) atoms. The fourth-order valence-electron chi connectivity index (χ4n) is 2.15. The van der Waals surface area contributed by atoms with Crippen molar-refractivity contribution in [2.24, 2.45) is 0 Å². The lowest BCUT2D eigenvalue weighted by Gasteiger charge is -2.12. The van der Waals surface area contributed by atoms with Gasteiger partial charge in [-0.05, 0) is 31.4 Å². The maximum Gasteiger partial charge on any atom is 0.405 e. The van der Waals surface area contributed by atoms with Gasteiger partial charge in [0.2, 0.25) is 11.0 Å². The Morgan fingerprint density at radius 2 is 2.08 bits per heavy atom. The molecule has 0 aliphatic rings. The fourth-order valence-corrected chi connectivity index (χ4v) is 4.08. The van der Waals surface area contributed by atoms with E-state index in [-0.39, 0.29) is 0 Å². The van der Waals surface area contributed by atoms with E-state index in [4.69, 9.17) is 0 Å². The van der Waals surface area contributed by atoms with Gasteiger partial charge in [-0.15, -0.1) is 10.2 Å². The average Bonchev–Trinajstić information content (AvgIpc) is 3.00. The Morgan fingerprint density at radius 1 is 1.35 bits per heavy atom. The summed E-state index contributed by atoms with van der Waals surface area (Å²) in [5, 5.41) is 13.0. The first-order valence-corrected chi connectivity index (χ1v) is 9.59. The molecule has 142 valence electrons. The Balaban J connectivity index is 1.99. The maximum atomic E-state index is 12.2. The Bertz CT molecular complexity index is 764. The van der Waals surface area contributed by atoms with Gasteiger partial charge < -0.3 is 10.6 Å². The second-order valence-corrected chi connectivity index (χ2v) is 8.12. The highest BCUT2D eigenvalue weighted by Crippen LogP contribution is 2.32. The lowest BCUT2D eigenvalue weighted by molar-refractivity contribution is -0.137. The number of rotatable bonds is 7. The number of aryl methyl sites for hydroxylation is 2. The molecule has 1 aromatic heterocycles.